The first-order valence-corrected chi connectivity index (χ1v) is 5.60. The van der Waals surface area contributed by atoms with Crippen LogP contribution in [0.1, 0.15) is 5.76 Å². The molecule has 0 aliphatic carbocycles. The van der Waals surface area contributed by atoms with Gasteiger partial charge >= 0.3 is 11.9 Å². The molecule has 0 aliphatic rings. The molecular formula is C11H14N4O5. The molecular weight excluding hydrogens is 268 g/mol. The van der Waals surface area contributed by atoms with Gasteiger partial charge in [-0.05, 0) is 18.2 Å². The first-order valence-electron chi connectivity index (χ1n) is 5.60. The molecule has 1 aromatic heterocycles. The lowest BCUT2D eigenvalue weighted by Crippen LogP contribution is -2.34. The second kappa shape index (κ2) is 8.43. The van der Waals surface area contributed by atoms with Crippen LogP contribution in [0, 0.1) is 10.1 Å². The maximum atomic E-state index is 11.1. The number of nitrogens with zero attached hydrogens (tertiary/aromatic N) is 2. The number of carbonyl (C=O) groups excluding carboxylic acids is 1. The van der Waals surface area contributed by atoms with Crippen molar-refractivity contribution < 1.29 is 18.9 Å². The molecule has 0 bridgehead atoms. The van der Waals surface area contributed by atoms with Gasteiger partial charge in [0.1, 0.15) is 10.7 Å². The van der Waals surface area contributed by atoms with E-state index in [4.69, 9.17) is 9.15 Å². The number of carbonyl (C=O) groups is 1. The predicted octanol–water partition coefficient (Wildman–Crippen LogP) is 1.13. The Balaban J connectivity index is 2.30. The molecule has 1 aromatic rings. The van der Waals surface area contributed by atoms with Crippen molar-refractivity contribution in [3.8, 4) is 0 Å². The van der Waals surface area contributed by atoms with Gasteiger partial charge in [0.25, 0.3) is 0 Å². The SMILES string of the molecule is COCCNC(=O)N/N=C/C=C/c1ccc([N+](=O)[O-])o1. The molecule has 20 heavy (non-hydrogen) atoms. The first kappa shape index (κ1) is 15.4. The summed E-state index contributed by atoms with van der Waals surface area (Å²) in [5, 5.41) is 16.5. The largest absolute Gasteiger partial charge is 0.433 e. The number of ether oxygens (including phenoxy) is 1. The normalized spacial score (nSPS) is 11.1. The van der Waals surface area contributed by atoms with E-state index >= 15 is 0 Å². The summed E-state index contributed by atoms with van der Waals surface area (Å²) >= 11 is 0. The fraction of sp³-hybridized carbons (Fsp3) is 0.273. The summed E-state index contributed by atoms with van der Waals surface area (Å²) < 4.78 is 9.63. The Kier molecular flexibility index (Phi) is 6.48. The molecule has 0 saturated carbocycles. The van der Waals surface area contributed by atoms with Crippen LogP contribution in [-0.4, -0.2) is 37.4 Å². The molecule has 2 N–H and O–H groups in total. The second-order valence-electron chi connectivity index (χ2n) is 3.43. The van der Waals surface area contributed by atoms with Crippen LogP contribution >= 0.6 is 0 Å². The van der Waals surface area contributed by atoms with Crippen LogP contribution in [0.4, 0.5) is 10.7 Å². The van der Waals surface area contributed by atoms with Gasteiger partial charge in [-0.3, -0.25) is 10.1 Å². The van der Waals surface area contributed by atoms with E-state index in [0.29, 0.717) is 18.9 Å². The quantitative estimate of drug-likeness (QED) is 0.336. The lowest BCUT2D eigenvalue weighted by atomic mass is 10.4. The van der Waals surface area contributed by atoms with E-state index in [2.05, 4.69) is 15.8 Å². The Hall–Kier alpha value is -2.68. The van der Waals surface area contributed by atoms with E-state index in [1.54, 1.807) is 0 Å². The van der Waals surface area contributed by atoms with Gasteiger partial charge in [0.2, 0.25) is 0 Å². The number of rotatable bonds is 7. The van der Waals surface area contributed by atoms with Gasteiger partial charge in [0.05, 0.1) is 12.7 Å². The number of allylic oxidation sites excluding steroid dienone is 1. The molecule has 9 heteroatoms. The number of methoxy groups -OCH3 is 1. The molecule has 0 spiro atoms. The molecule has 0 radical (unpaired) electrons. The van der Waals surface area contributed by atoms with Gasteiger partial charge in [-0.1, -0.05) is 0 Å². The van der Waals surface area contributed by atoms with E-state index in [1.165, 1.54) is 37.6 Å². The standard InChI is InChI=1S/C11H14N4O5/c1-19-8-7-12-11(16)14-13-6-2-3-9-4-5-10(20-9)15(17)18/h2-6H,7-8H2,1H3,(H2,12,14,16)/b3-2+,13-6+. The zero-order valence-electron chi connectivity index (χ0n) is 10.7. The Bertz CT molecular complexity index is 509. The van der Waals surface area contributed by atoms with E-state index in [9.17, 15) is 14.9 Å². The van der Waals surface area contributed by atoms with Crippen LogP contribution in [0.3, 0.4) is 0 Å². The van der Waals surface area contributed by atoms with Crippen LogP contribution in [0.15, 0.2) is 27.7 Å². The smallest absolute Gasteiger partial charge is 0.401 e. The Labute approximate surface area is 114 Å². The van der Waals surface area contributed by atoms with Gasteiger partial charge < -0.3 is 14.5 Å². The number of nitro groups is 1. The Morgan fingerprint density at radius 2 is 2.40 bits per heavy atom. The number of hydrazone groups is 1. The minimum atomic E-state index is -0.628. The van der Waals surface area contributed by atoms with Crippen LogP contribution in [0.25, 0.3) is 6.08 Å². The van der Waals surface area contributed by atoms with Crippen molar-refractivity contribution in [2.75, 3.05) is 20.3 Å². The average Bonchev–Trinajstić information content (AvgIpc) is 2.87. The van der Waals surface area contributed by atoms with Crippen LogP contribution in [0.5, 0.6) is 0 Å². The maximum Gasteiger partial charge on any atom is 0.433 e. The maximum absolute atomic E-state index is 11.1. The summed E-state index contributed by atoms with van der Waals surface area (Å²) in [6, 6.07) is 2.24. The van der Waals surface area contributed by atoms with Crippen molar-refractivity contribution in [1.29, 1.82) is 0 Å². The Morgan fingerprint density at radius 3 is 3.05 bits per heavy atom. The molecule has 0 aromatic carbocycles. The monoisotopic (exact) mass is 282 g/mol. The summed E-state index contributed by atoms with van der Waals surface area (Å²) in [6.45, 7) is 0.790. The average molecular weight is 282 g/mol. The summed E-state index contributed by atoms with van der Waals surface area (Å²) in [6.07, 6.45) is 4.25. The highest BCUT2D eigenvalue weighted by atomic mass is 16.6. The lowest BCUT2D eigenvalue weighted by Gasteiger charge is -2.01. The third-order valence-electron chi connectivity index (χ3n) is 1.97. The summed E-state index contributed by atoms with van der Waals surface area (Å²) in [5.74, 6) is -0.0232. The highest BCUT2D eigenvalue weighted by Crippen LogP contribution is 2.16. The zero-order chi connectivity index (χ0) is 14.8. The molecule has 0 atom stereocenters. The van der Waals surface area contributed by atoms with Crippen molar-refractivity contribution in [2.45, 2.75) is 0 Å². The zero-order valence-corrected chi connectivity index (χ0v) is 10.7. The number of amides is 2. The summed E-state index contributed by atoms with van der Waals surface area (Å²) in [4.78, 5) is 20.9. The van der Waals surface area contributed by atoms with Crippen LogP contribution in [-0.2, 0) is 4.74 Å². The van der Waals surface area contributed by atoms with Crippen molar-refractivity contribution in [2.24, 2.45) is 5.10 Å². The van der Waals surface area contributed by atoms with Gasteiger partial charge in [-0.15, -0.1) is 0 Å². The third kappa shape index (κ3) is 5.78. The van der Waals surface area contributed by atoms with E-state index in [0.717, 1.165) is 0 Å². The fourth-order valence-electron chi connectivity index (χ4n) is 1.11. The van der Waals surface area contributed by atoms with Crippen molar-refractivity contribution in [3.63, 3.8) is 0 Å². The van der Waals surface area contributed by atoms with Crippen molar-refractivity contribution in [1.82, 2.24) is 10.7 Å². The molecule has 1 heterocycles. The summed E-state index contributed by atoms with van der Waals surface area (Å²) in [7, 11) is 1.53. The number of urea groups is 1. The molecule has 0 saturated heterocycles. The van der Waals surface area contributed by atoms with Gasteiger partial charge in [-0.25, -0.2) is 10.2 Å². The molecule has 1 rings (SSSR count). The lowest BCUT2D eigenvalue weighted by molar-refractivity contribution is -0.402. The second-order valence-corrected chi connectivity index (χ2v) is 3.43. The van der Waals surface area contributed by atoms with Gasteiger partial charge in [-0.2, -0.15) is 5.10 Å². The highest BCUT2D eigenvalue weighted by Gasteiger charge is 2.09. The number of hydrogen-bond acceptors (Lipinski definition) is 6. The van der Waals surface area contributed by atoms with E-state index in [1.807, 2.05) is 0 Å². The van der Waals surface area contributed by atoms with Crippen molar-refractivity contribution in [3.05, 3.63) is 34.1 Å². The minimum Gasteiger partial charge on any atom is -0.401 e. The molecule has 108 valence electrons. The first-order chi connectivity index (χ1) is 9.63. The number of furan rings is 1. The summed E-state index contributed by atoms with van der Waals surface area (Å²) in [5.41, 5.74) is 2.23. The number of nitrogens with one attached hydrogen (secondary N) is 2. The van der Waals surface area contributed by atoms with Crippen LogP contribution in [0.2, 0.25) is 0 Å². The predicted molar refractivity (Wildman–Crippen MR) is 71.3 cm³/mol. The van der Waals surface area contributed by atoms with Crippen LogP contribution < -0.4 is 10.7 Å². The fourth-order valence-corrected chi connectivity index (χ4v) is 1.11. The van der Waals surface area contributed by atoms with Gasteiger partial charge in [0, 0.05) is 19.9 Å². The van der Waals surface area contributed by atoms with E-state index < -0.39 is 11.0 Å². The molecule has 0 unspecified atom stereocenters. The minimum absolute atomic E-state index is 0.313. The molecule has 9 nitrogen and oxygen atoms in total. The van der Waals surface area contributed by atoms with Gasteiger partial charge in [0.15, 0.2) is 0 Å². The third-order valence-corrected chi connectivity index (χ3v) is 1.97. The molecule has 0 fully saturated rings. The number of hydrogen-bond donors (Lipinski definition) is 2. The molecule has 2 amide bonds. The molecule has 0 aliphatic heterocycles. The highest BCUT2D eigenvalue weighted by molar-refractivity contribution is 5.80. The Morgan fingerprint density at radius 1 is 1.60 bits per heavy atom. The van der Waals surface area contributed by atoms with Crippen molar-refractivity contribution >= 4 is 24.2 Å². The van der Waals surface area contributed by atoms with E-state index in [-0.39, 0.29) is 5.88 Å². The topological polar surface area (TPSA) is 119 Å².